The van der Waals surface area contributed by atoms with Crippen molar-refractivity contribution in [3.63, 3.8) is 0 Å². The van der Waals surface area contributed by atoms with Crippen LogP contribution >= 0.6 is 7.60 Å². The Kier molecular flexibility index (Phi) is 4.95. The summed E-state index contributed by atoms with van der Waals surface area (Å²) in [6.07, 6.45) is -1.96. The molecule has 2 aromatic rings. The molecule has 3 rings (SSSR count). The van der Waals surface area contributed by atoms with Gasteiger partial charge in [0.2, 0.25) is 0 Å². The maximum atomic E-state index is 11.3. The van der Waals surface area contributed by atoms with Crippen LogP contribution in [0, 0.1) is 0 Å². The molecule has 1 aliphatic rings. The topological polar surface area (TPSA) is 166 Å². The van der Waals surface area contributed by atoms with E-state index in [1.165, 1.54) is 24.3 Å². The summed E-state index contributed by atoms with van der Waals surface area (Å²) in [5.41, 5.74) is 5.91. The van der Waals surface area contributed by atoms with Crippen molar-refractivity contribution in [1.29, 1.82) is 0 Å². The fraction of sp³-hybridized carbons (Fsp3) is 0.417. The summed E-state index contributed by atoms with van der Waals surface area (Å²) in [6, 6.07) is 0. The Morgan fingerprint density at radius 3 is 2.69 bits per heavy atom. The fourth-order valence-corrected chi connectivity index (χ4v) is 3.22. The molecule has 0 unspecified atom stereocenters. The van der Waals surface area contributed by atoms with Crippen LogP contribution in [-0.4, -0.2) is 75.5 Å². The molecule has 2 aromatic heterocycles. The van der Waals surface area contributed by atoms with Gasteiger partial charge in [0.1, 0.15) is 45.8 Å². The van der Waals surface area contributed by atoms with Crippen molar-refractivity contribution in [3.8, 4) is 0 Å². The third-order valence-electron chi connectivity index (χ3n) is 4.06. The normalized spacial score (nSPS) is 27.7. The molecule has 0 spiro atoms. The van der Waals surface area contributed by atoms with E-state index in [2.05, 4.69) is 15.0 Å². The number of hydrogen-bond acceptors (Lipinski definition) is 8. The van der Waals surface area contributed by atoms with Gasteiger partial charge in [0.15, 0.2) is 17.7 Å². The minimum Gasteiger partial charge on any atom is -0.387 e. The third-order valence-corrected chi connectivity index (χ3v) is 4.95. The molecule has 26 heavy (non-hydrogen) atoms. The van der Waals surface area contributed by atoms with E-state index in [4.69, 9.17) is 30.9 Å². The van der Waals surface area contributed by atoms with Gasteiger partial charge >= 0.3 is 7.60 Å². The highest BCUT2D eigenvalue weighted by molar-refractivity contribution is 7.59. The van der Waals surface area contributed by atoms with E-state index in [1.807, 2.05) is 0 Å². The van der Waals surface area contributed by atoms with E-state index in [-0.39, 0.29) is 5.82 Å². The average Bonchev–Trinajstić information content (AvgIpc) is 3.14. The highest BCUT2D eigenvalue weighted by atomic mass is 31.2. The number of nitrogen functional groups attached to an aromatic ring is 1. The van der Waals surface area contributed by atoms with Crippen LogP contribution in [0.15, 0.2) is 23.3 Å². The first kappa shape index (κ1) is 19.0. The van der Waals surface area contributed by atoms with Gasteiger partial charge in [-0.3, -0.25) is 9.13 Å². The summed E-state index contributed by atoms with van der Waals surface area (Å²) in [4.78, 5) is 30.4. The molecule has 0 aromatic carbocycles. The van der Waals surface area contributed by atoms with Gasteiger partial charge in [-0.1, -0.05) is 5.47 Å². The Balaban J connectivity index is 2.04. The maximum absolute atomic E-state index is 11.3. The van der Waals surface area contributed by atoms with Gasteiger partial charge in [-0.05, 0) is 5.21 Å². The smallest absolute Gasteiger partial charge is 0.341 e. The second-order valence-electron chi connectivity index (χ2n) is 5.61. The first-order valence-electron chi connectivity index (χ1n) is 7.27. The number of aliphatic hydroxyl groups is 1. The van der Waals surface area contributed by atoms with Crippen molar-refractivity contribution in [2.24, 2.45) is 0 Å². The fourth-order valence-electron chi connectivity index (χ4n) is 2.76. The second-order valence-corrected chi connectivity index (χ2v) is 7.18. The van der Waals surface area contributed by atoms with Crippen molar-refractivity contribution in [2.75, 3.05) is 12.8 Å². The molecule has 134 valence electrons. The van der Waals surface area contributed by atoms with Gasteiger partial charge in [-0.25, -0.2) is 15.0 Å². The molecular weight excluding hydrogens is 363 g/mol. The monoisotopic (exact) mass is 377 g/mol. The minimum absolute atomic E-state index is 0.156. The molecule has 11 nitrogen and oxygen atoms in total. The van der Waals surface area contributed by atoms with E-state index in [0.29, 0.717) is 11.2 Å². The summed E-state index contributed by atoms with van der Waals surface area (Å²) < 4.78 is 23.7. The molecule has 4 atom stereocenters. The van der Waals surface area contributed by atoms with Gasteiger partial charge in [-0.15, -0.1) is 0 Å². The van der Waals surface area contributed by atoms with Gasteiger partial charge in [0, 0.05) is 7.11 Å². The molecule has 14 heteroatoms. The van der Waals surface area contributed by atoms with E-state index in [0.717, 1.165) is 0 Å². The number of methoxy groups -OCH3 is 1. The molecule has 5 N–H and O–H groups in total. The van der Waals surface area contributed by atoms with E-state index in [9.17, 15) is 19.5 Å². The standard InChI is InChI=1S/C12H14B2N5O6P/c1-24-8-6(20)7(4(13)9(14)26(21,22)23)25-12(8)19-3-18-5-10(15)16-2-17-11(5)19/h2-3,6-8,12,20H,1H3,(H2,15,16,17)(H2,21,22,23)/b9-4-/t6-,7-,8-,12-/m1/s1. The van der Waals surface area contributed by atoms with E-state index >= 15 is 0 Å². The molecule has 1 aliphatic heterocycles. The number of fused-ring (bicyclic) bond motifs is 1. The Hall–Kier alpha value is -1.75. The Morgan fingerprint density at radius 2 is 2.08 bits per heavy atom. The number of imidazole rings is 1. The second kappa shape index (κ2) is 6.76. The Bertz CT molecular complexity index is 917. The van der Waals surface area contributed by atoms with Crippen molar-refractivity contribution < 1.29 is 28.9 Å². The Morgan fingerprint density at radius 1 is 1.38 bits per heavy atom. The molecule has 1 saturated heterocycles. The highest BCUT2D eigenvalue weighted by Crippen LogP contribution is 2.46. The van der Waals surface area contributed by atoms with E-state index < -0.39 is 42.8 Å². The number of aliphatic hydroxyl groups excluding tert-OH is 1. The lowest BCUT2D eigenvalue weighted by Gasteiger charge is -2.20. The van der Waals surface area contributed by atoms with Gasteiger partial charge in [0.25, 0.3) is 0 Å². The maximum Gasteiger partial charge on any atom is 0.341 e. The predicted octanol–water partition coefficient (Wildman–Crippen LogP) is -1.63. The quantitative estimate of drug-likeness (QED) is 0.359. The van der Waals surface area contributed by atoms with Crippen LogP contribution in [0.1, 0.15) is 6.23 Å². The van der Waals surface area contributed by atoms with Crippen molar-refractivity contribution in [2.45, 2.75) is 24.5 Å². The van der Waals surface area contributed by atoms with Crippen LogP contribution in [0.4, 0.5) is 5.82 Å². The lowest BCUT2D eigenvalue weighted by molar-refractivity contribution is -0.0452. The largest absolute Gasteiger partial charge is 0.387 e. The first-order chi connectivity index (χ1) is 12.2. The van der Waals surface area contributed by atoms with Crippen molar-refractivity contribution in [1.82, 2.24) is 19.5 Å². The third kappa shape index (κ3) is 3.07. The number of nitrogens with zero attached hydrogens (tertiary/aromatic N) is 4. The number of ether oxygens (including phenoxy) is 2. The van der Waals surface area contributed by atoms with E-state index in [1.54, 1.807) is 0 Å². The van der Waals surface area contributed by atoms with Crippen LogP contribution in [0.5, 0.6) is 0 Å². The number of aromatic nitrogens is 4. The van der Waals surface area contributed by atoms with Crippen LogP contribution in [0.3, 0.4) is 0 Å². The van der Waals surface area contributed by atoms with Crippen LogP contribution in [0.25, 0.3) is 11.2 Å². The summed E-state index contributed by atoms with van der Waals surface area (Å²) in [6.45, 7) is 0. The van der Waals surface area contributed by atoms with Gasteiger partial charge in [0.05, 0.1) is 6.33 Å². The summed E-state index contributed by atoms with van der Waals surface area (Å²) in [5.74, 6) is 0.156. The summed E-state index contributed by atoms with van der Waals surface area (Å²) in [5, 5.41) is 9.59. The number of hydrogen-bond donors (Lipinski definition) is 4. The molecular formula is C12H14B2N5O6P. The first-order valence-corrected chi connectivity index (χ1v) is 8.88. The molecule has 0 aliphatic carbocycles. The highest BCUT2D eigenvalue weighted by Gasteiger charge is 2.46. The lowest BCUT2D eigenvalue weighted by Crippen LogP contribution is -2.34. The zero-order chi connectivity index (χ0) is 19.2. The average molecular weight is 377 g/mol. The molecule has 4 radical (unpaired) electrons. The predicted molar refractivity (Wildman–Crippen MR) is 91.0 cm³/mol. The molecule has 0 bridgehead atoms. The number of rotatable bonds is 4. The van der Waals surface area contributed by atoms with Crippen LogP contribution in [0.2, 0.25) is 0 Å². The SMILES string of the molecule is [B]/C(=C(/[B])P(=O)(O)O)[C@H]1O[C@@H](n2cnc3c(N)ncnc32)[C@H](OC)[C@@H]1O. The zero-order valence-corrected chi connectivity index (χ0v) is 14.4. The van der Waals surface area contributed by atoms with Crippen LogP contribution in [-0.2, 0) is 14.0 Å². The molecule has 0 amide bonds. The summed E-state index contributed by atoms with van der Waals surface area (Å²) >= 11 is 0. The summed E-state index contributed by atoms with van der Waals surface area (Å²) in [7, 11) is 7.65. The minimum atomic E-state index is -4.80. The molecule has 3 heterocycles. The lowest BCUT2D eigenvalue weighted by atomic mass is 9.82. The Labute approximate surface area is 150 Å². The molecule has 0 saturated carbocycles. The number of anilines is 1. The van der Waals surface area contributed by atoms with Crippen molar-refractivity contribution >= 4 is 40.3 Å². The van der Waals surface area contributed by atoms with Gasteiger partial charge in [-0.2, -0.15) is 0 Å². The van der Waals surface area contributed by atoms with Crippen molar-refractivity contribution in [3.05, 3.63) is 23.3 Å². The van der Waals surface area contributed by atoms with Crippen LogP contribution < -0.4 is 5.73 Å². The van der Waals surface area contributed by atoms with Gasteiger partial charge < -0.3 is 30.1 Å². The molecule has 1 fully saturated rings. The number of nitrogens with two attached hydrogens (primary N) is 1. The zero-order valence-electron chi connectivity index (χ0n) is 13.5.